The molecule has 10 aliphatic rings. The molecule has 25 heteroatoms. The minimum absolute atomic E-state index is 0.140. The number of esters is 1. The first-order valence-corrected chi connectivity index (χ1v) is 30.0. The van der Waals surface area contributed by atoms with Gasteiger partial charge in [0.25, 0.3) is 0 Å². The Morgan fingerprint density at radius 3 is 1.82 bits per heavy atom. The molecular weight excluding hydrogens is 1100 g/mol. The van der Waals surface area contributed by atoms with E-state index < -0.39 is 195 Å². The Morgan fingerprint density at radius 1 is 0.554 bits per heavy atom. The molecule has 0 spiro atoms. The zero-order valence-corrected chi connectivity index (χ0v) is 49.0. The summed E-state index contributed by atoms with van der Waals surface area (Å²) < 4.78 is 59.4. The highest BCUT2D eigenvalue weighted by molar-refractivity contribution is 5.80. The molecule has 10 rings (SSSR count). The maximum atomic E-state index is 15.4. The highest BCUT2D eigenvalue weighted by Crippen LogP contribution is 2.76. The van der Waals surface area contributed by atoms with Crippen LogP contribution in [0.15, 0.2) is 11.6 Å². The summed E-state index contributed by atoms with van der Waals surface area (Å²) >= 11 is 0. The lowest BCUT2D eigenvalue weighted by Crippen LogP contribution is -2.68. The van der Waals surface area contributed by atoms with Crippen LogP contribution in [0, 0.1) is 50.2 Å². The zero-order chi connectivity index (χ0) is 60.6. The third-order valence-electron chi connectivity index (χ3n) is 22.7. The first-order chi connectivity index (χ1) is 38.8. The van der Waals surface area contributed by atoms with E-state index in [4.69, 9.17) is 47.4 Å². The highest BCUT2D eigenvalue weighted by atomic mass is 16.8. The summed E-state index contributed by atoms with van der Waals surface area (Å²) in [6, 6.07) is 0. The van der Waals surface area contributed by atoms with Crippen LogP contribution in [0.3, 0.4) is 0 Å². The first-order valence-electron chi connectivity index (χ1n) is 30.0. The van der Waals surface area contributed by atoms with Crippen molar-refractivity contribution < 1.29 is 124 Å². The lowest BCUT2D eigenvalue weighted by Gasteiger charge is -2.71. The van der Waals surface area contributed by atoms with Crippen LogP contribution < -0.4 is 0 Å². The monoisotopic (exact) mass is 1190 g/mol. The number of allylic oxidation sites excluding steroid dienone is 2. The molecule has 5 heterocycles. The fraction of sp³-hybridized carbons (Fsp3) is 0.948. The molecule has 0 aromatic heterocycles. The SMILES string of the molecule is C[C@@H]1O[C@@H](O[C@@H]2[C@@H](O)[C@@H](O[C@@H]3[C@@H](O)[C@@H](O)[C@H](O[C@H]4[C@H](OC(=O)[C@]56CCC(C)(C)C[C@H]5C5=CC[C@@H]7[C@@]8(C)CC[C@H](O[C@@H]9O[C@H](CO)[C@@H](O)[C@H](O)[C@H]9O)C(C)(C)[C@@H]8CC[C@@]7(C)[C@]5(C)C[C@H]6O)OC[C@@H](O)[C@@H]4O)O[C@H]3C)OC[C@H]2O)[C@H](O)[C@H](O)[C@H]1O. The maximum Gasteiger partial charge on any atom is 0.317 e. The van der Waals surface area contributed by atoms with Gasteiger partial charge in [-0.1, -0.05) is 60.1 Å². The molecule has 32 atom stereocenters. The molecule has 0 radical (unpaired) electrons. The van der Waals surface area contributed by atoms with Crippen LogP contribution in [0.25, 0.3) is 0 Å². The van der Waals surface area contributed by atoms with Gasteiger partial charge in [-0.25, -0.2) is 0 Å². The van der Waals surface area contributed by atoms with Gasteiger partial charge in [0.2, 0.25) is 6.29 Å². The van der Waals surface area contributed by atoms with Gasteiger partial charge in [-0.3, -0.25) is 4.79 Å². The topological polar surface area (TPSA) is 393 Å². The van der Waals surface area contributed by atoms with Crippen LogP contribution in [-0.2, 0) is 52.2 Å². The molecule has 25 nitrogen and oxygen atoms in total. The van der Waals surface area contributed by atoms with Crippen molar-refractivity contribution in [1.82, 2.24) is 0 Å². The second-order valence-electron chi connectivity index (χ2n) is 28.3. The van der Waals surface area contributed by atoms with Crippen molar-refractivity contribution in [3.63, 3.8) is 0 Å². The summed E-state index contributed by atoms with van der Waals surface area (Å²) in [5.74, 6) is -0.986. The van der Waals surface area contributed by atoms with Crippen molar-refractivity contribution >= 4 is 5.97 Å². The van der Waals surface area contributed by atoms with Crippen molar-refractivity contribution in [2.45, 2.75) is 274 Å². The first kappa shape index (κ1) is 64.3. The average molecular weight is 1190 g/mol. The van der Waals surface area contributed by atoms with Gasteiger partial charge in [-0.2, -0.15) is 0 Å². The van der Waals surface area contributed by atoms with E-state index in [1.165, 1.54) is 13.8 Å². The van der Waals surface area contributed by atoms with E-state index >= 15 is 4.79 Å². The number of rotatable bonds is 11. The molecule has 0 unspecified atom stereocenters. The third-order valence-corrected chi connectivity index (χ3v) is 22.7. The lowest BCUT2D eigenvalue weighted by molar-refractivity contribution is -0.377. The van der Waals surface area contributed by atoms with Gasteiger partial charge in [0.1, 0.15) is 97.0 Å². The summed E-state index contributed by atoms with van der Waals surface area (Å²) in [6.07, 6.45) is -29.8. The Labute approximate surface area is 483 Å². The lowest BCUT2D eigenvalue weighted by atomic mass is 9.33. The predicted molar refractivity (Wildman–Crippen MR) is 282 cm³/mol. The van der Waals surface area contributed by atoms with Gasteiger partial charge in [-0.15, -0.1) is 0 Å². The largest absolute Gasteiger partial charge is 0.432 e. The number of hydrogen-bond acceptors (Lipinski definition) is 25. The molecule has 14 N–H and O–H groups in total. The molecule has 83 heavy (non-hydrogen) atoms. The molecule has 476 valence electrons. The summed E-state index contributed by atoms with van der Waals surface area (Å²) in [5.41, 5.74) is -2.24. The third kappa shape index (κ3) is 10.6. The molecular formula is C58H94O25. The minimum Gasteiger partial charge on any atom is -0.432 e. The number of carbonyl (C=O) groups excluding carboxylic acids is 1. The summed E-state index contributed by atoms with van der Waals surface area (Å²) in [6.45, 7) is 16.9. The van der Waals surface area contributed by atoms with Crippen LogP contribution in [0.1, 0.15) is 120 Å². The van der Waals surface area contributed by atoms with Gasteiger partial charge in [0.15, 0.2) is 31.3 Å². The zero-order valence-electron chi connectivity index (χ0n) is 49.0. The maximum absolute atomic E-state index is 15.4. The van der Waals surface area contributed by atoms with Crippen molar-refractivity contribution in [2.75, 3.05) is 19.8 Å². The minimum atomic E-state index is -1.95. The van der Waals surface area contributed by atoms with Crippen molar-refractivity contribution in [3.05, 3.63) is 11.6 Å². The molecule has 5 saturated heterocycles. The smallest absolute Gasteiger partial charge is 0.317 e. The number of fused-ring (bicyclic) bond motifs is 7. The Morgan fingerprint density at radius 2 is 1.14 bits per heavy atom. The molecule has 5 aliphatic heterocycles. The molecule has 5 aliphatic carbocycles. The predicted octanol–water partition coefficient (Wildman–Crippen LogP) is -1.91. The average Bonchev–Trinajstić information content (AvgIpc) is 1.27. The van der Waals surface area contributed by atoms with E-state index in [1.54, 1.807) is 0 Å². The number of ether oxygens (including phenoxy) is 10. The fourth-order valence-corrected chi connectivity index (χ4v) is 17.5. The van der Waals surface area contributed by atoms with Crippen molar-refractivity contribution in [2.24, 2.45) is 50.2 Å². The molecule has 0 bridgehead atoms. The number of aliphatic hydroxyl groups excluding tert-OH is 14. The van der Waals surface area contributed by atoms with Gasteiger partial charge in [0, 0.05) is 0 Å². The van der Waals surface area contributed by atoms with Crippen LogP contribution >= 0.6 is 0 Å². The van der Waals surface area contributed by atoms with E-state index in [0.717, 1.165) is 24.8 Å². The molecule has 0 aromatic carbocycles. The van der Waals surface area contributed by atoms with Crippen molar-refractivity contribution in [3.8, 4) is 0 Å². The number of aliphatic hydroxyl groups is 14. The van der Waals surface area contributed by atoms with Gasteiger partial charge >= 0.3 is 5.97 Å². The molecule has 0 amide bonds. The highest BCUT2D eigenvalue weighted by Gasteiger charge is 2.72. The standard InChI is InChI=1S/C58H94O25/c1-23-34(63)37(66)40(69)48(76-23)81-45-28(61)22-74-47(43(45)72)80-44-24(2)77-49(42(71)39(44)68)82-46-35(64)27(60)21-75-51(46)83-52(73)58-17-16-53(3,4)18-26(58)25-10-11-31-55(7)14-13-33(79-50-41(70)38(67)36(65)29(20-59)78-50)54(5,6)30(55)12-15-56(31,8)57(25,9)19-32(58)62/h10,23-24,26-51,59-72H,11-22H2,1-9H3/t23-,24-,26-,27+,28+,29+,30-,31+,32+,33-,34-,35-,36+,37+,38-,39-,40+,41+,42+,43+,44-,45-,46+,47+,48-,49-,50-,51-,55-,56+,57+,58+/m0/s1. The van der Waals surface area contributed by atoms with E-state index in [1.807, 2.05) is 0 Å². The molecule has 4 saturated carbocycles. The number of carbonyl (C=O) groups is 1. The van der Waals surface area contributed by atoms with Crippen LogP contribution in [0.5, 0.6) is 0 Å². The van der Waals surface area contributed by atoms with E-state index in [2.05, 4.69) is 54.5 Å². The second-order valence-corrected chi connectivity index (χ2v) is 28.3. The fourth-order valence-electron chi connectivity index (χ4n) is 17.5. The van der Waals surface area contributed by atoms with Crippen LogP contribution in [0.2, 0.25) is 0 Å². The Balaban J connectivity index is 0.842. The Bertz CT molecular complexity index is 2330. The van der Waals surface area contributed by atoms with Gasteiger partial charge < -0.3 is 119 Å². The Hall–Kier alpha value is -1.71. The van der Waals surface area contributed by atoms with E-state index in [-0.39, 0.29) is 47.0 Å². The molecule has 0 aromatic rings. The second kappa shape index (κ2) is 23.3. The summed E-state index contributed by atoms with van der Waals surface area (Å²) in [7, 11) is 0. The summed E-state index contributed by atoms with van der Waals surface area (Å²) in [4.78, 5) is 15.4. The number of hydrogen-bond donors (Lipinski definition) is 14. The summed E-state index contributed by atoms with van der Waals surface area (Å²) in [5, 5.41) is 153. The normalized spacial score (nSPS) is 55.1. The van der Waals surface area contributed by atoms with Crippen LogP contribution in [-0.4, -0.2) is 251 Å². The van der Waals surface area contributed by atoms with Gasteiger partial charge in [0.05, 0.1) is 44.2 Å². The van der Waals surface area contributed by atoms with E-state index in [9.17, 15) is 71.5 Å². The molecule has 9 fully saturated rings. The quantitative estimate of drug-likeness (QED) is 0.0610. The van der Waals surface area contributed by atoms with Crippen LogP contribution in [0.4, 0.5) is 0 Å². The van der Waals surface area contributed by atoms with E-state index in [0.29, 0.717) is 25.7 Å². The van der Waals surface area contributed by atoms with Crippen molar-refractivity contribution in [1.29, 1.82) is 0 Å². The van der Waals surface area contributed by atoms with Gasteiger partial charge in [-0.05, 0) is 116 Å². The Kier molecular flexibility index (Phi) is 18.0.